The number of hydrogen-bond acceptors (Lipinski definition) is 7. The first-order valence-corrected chi connectivity index (χ1v) is 10.6. The largest absolute Gasteiger partial charge is 0.481 e. The van der Waals surface area contributed by atoms with Crippen LogP contribution in [0.2, 0.25) is 5.02 Å². The average Bonchev–Trinajstić information content (AvgIpc) is 3.20. The van der Waals surface area contributed by atoms with Crippen molar-refractivity contribution < 1.29 is 19.4 Å². The molecule has 0 atom stereocenters. The van der Waals surface area contributed by atoms with Crippen LogP contribution in [0.4, 0.5) is 11.8 Å². The van der Waals surface area contributed by atoms with Crippen LogP contribution in [0.15, 0.2) is 42.5 Å². The van der Waals surface area contributed by atoms with Crippen molar-refractivity contribution in [2.24, 2.45) is 5.92 Å². The van der Waals surface area contributed by atoms with E-state index in [1.54, 1.807) is 6.07 Å². The lowest BCUT2D eigenvalue weighted by atomic mass is 9.97. The molecule has 0 aliphatic carbocycles. The van der Waals surface area contributed by atoms with Crippen LogP contribution in [0.1, 0.15) is 12.8 Å². The minimum absolute atomic E-state index is 0.314. The molecule has 9 heteroatoms. The topological polar surface area (TPSA) is 96.8 Å². The SMILES string of the molecule is O=C(O)C1CCN(c2nc(NCC3Oc4ccccc4O3)c3cc(Cl)ccc3n2)CC1. The number of aromatic nitrogens is 2. The summed E-state index contributed by atoms with van der Waals surface area (Å²) >= 11 is 6.21. The van der Waals surface area contributed by atoms with Gasteiger partial charge in [-0.3, -0.25) is 4.79 Å². The number of ether oxygens (including phenoxy) is 2. The monoisotopic (exact) mass is 440 g/mol. The molecule has 0 amide bonds. The van der Waals surface area contributed by atoms with Crippen LogP contribution < -0.4 is 19.7 Å². The first kappa shape index (κ1) is 19.7. The number of halogens is 1. The van der Waals surface area contributed by atoms with E-state index in [4.69, 9.17) is 26.1 Å². The number of carbonyl (C=O) groups is 1. The van der Waals surface area contributed by atoms with Crippen molar-refractivity contribution in [1.82, 2.24) is 9.97 Å². The van der Waals surface area contributed by atoms with Crippen molar-refractivity contribution in [3.8, 4) is 11.5 Å². The molecule has 0 unspecified atom stereocenters. The minimum Gasteiger partial charge on any atom is -0.481 e. The fraction of sp³-hybridized carbons (Fsp3) is 0.318. The van der Waals surface area contributed by atoms with Crippen LogP contribution in [-0.2, 0) is 4.79 Å². The standard InChI is InChI=1S/C22H21ClN4O4/c23-14-5-6-16-15(11-14)20(24-12-19-30-17-3-1-2-4-18(17)31-19)26-22(25-16)27-9-7-13(8-10-27)21(28)29/h1-6,11,13,19H,7-10,12H2,(H,28,29)(H,24,25,26). The molecule has 8 nitrogen and oxygen atoms in total. The zero-order chi connectivity index (χ0) is 21.4. The molecule has 2 aliphatic rings. The zero-order valence-electron chi connectivity index (χ0n) is 16.6. The fourth-order valence-electron chi connectivity index (χ4n) is 3.91. The molecule has 1 aromatic heterocycles. The van der Waals surface area contributed by atoms with E-state index in [1.807, 2.05) is 41.3 Å². The van der Waals surface area contributed by atoms with Gasteiger partial charge in [-0.15, -0.1) is 0 Å². The van der Waals surface area contributed by atoms with Gasteiger partial charge in [-0.25, -0.2) is 4.98 Å². The molecule has 0 spiro atoms. The smallest absolute Gasteiger partial charge is 0.306 e. The molecule has 2 aliphatic heterocycles. The average molecular weight is 441 g/mol. The molecule has 160 valence electrons. The molecule has 2 aromatic carbocycles. The van der Waals surface area contributed by atoms with Gasteiger partial charge >= 0.3 is 5.97 Å². The van der Waals surface area contributed by atoms with Gasteiger partial charge < -0.3 is 24.8 Å². The molecule has 1 saturated heterocycles. The van der Waals surface area contributed by atoms with E-state index in [-0.39, 0.29) is 5.92 Å². The van der Waals surface area contributed by atoms with Crippen molar-refractivity contribution in [2.45, 2.75) is 19.1 Å². The molecule has 3 aromatic rings. The maximum atomic E-state index is 11.3. The summed E-state index contributed by atoms with van der Waals surface area (Å²) < 4.78 is 11.7. The van der Waals surface area contributed by atoms with E-state index >= 15 is 0 Å². The second-order valence-electron chi connectivity index (χ2n) is 7.63. The van der Waals surface area contributed by atoms with Gasteiger partial charge in [-0.2, -0.15) is 4.98 Å². The number of nitrogens with one attached hydrogen (secondary N) is 1. The van der Waals surface area contributed by atoms with Crippen LogP contribution in [-0.4, -0.2) is 47.0 Å². The second-order valence-corrected chi connectivity index (χ2v) is 8.06. The Bertz CT molecular complexity index is 1110. The van der Waals surface area contributed by atoms with Crippen LogP contribution >= 0.6 is 11.6 Å². The van der Waals surface area contributed by atoms with Gasteiger partial charge in [0, 0.05) is 23.5 Å². The third-order valence-corrected chi connectivity index (χ3v) is 5.81. The van der Waals surface area contributed by atoms with Gasteiger partial charge in [-0.1, -0.05) is 23.7 Å². The predicted octanol–water partition coefficient (Wildman–Crippen LogP) is 3.79. The number of para-hydroxylation sites is 2. The fourth-order valence-corrected chi connectivity index (χ4v) is 4.08. The highest BCUT2D eigenvalue weighted by atomic mass is 35.5. The number of piperidine rings is 1. The summed E-state index contributed by atoms with van der Waals surface area (Å²) in [6.45, 7) is 1.58. The van der Waals surface area contributed by atoms with Crippen molar-refractivity contribution in [3.63, 3.8) is 0 Å². The van der Waals surface area contributed by atoms with E-state index in [0.29, 0.717) is 60.8 Å². The summed E-state index contributed by atoms with van der Waals surface area (Å²) in [5.74, 6) is 1.57. The van der Waals surface area contributed by atoms with Crippen molar-refractivity contribution in [3.05, 3.63) is 47.5 Å². The molecule has 31 heavy (non-hydrogen) atoms. The lowest BCUT2D eigenvalue weighted by Crippen LogP contribution is -2.37. The number of anilines is 2. The number of rotatable bonds is 5. The first-order valence-electron chi connectivity index (χ1n) is 10.2. The van der Waals surface area contributed by atoms with Crippen molar-refractivity contribution in [1.29, 1.82) is 0 Å². The minimum atomic E-state index is -0.742. The summed E-state index contributed by atoms with van der Waals surface area (Å²) in [7, 11) is 0. The molecule has 2 N–H and O–H groups in total. The highest BCUT2D eigenvalue weighted by Crippen LogP contribution is 2.34. The quantitative estimate of drug-likeness (QED) is 0.618. The number of carboxylic acids is 1. The van der Waals surface area contributed by atoms with Crippen LogP contribution in [0.5, 0.6) is 11.5 Å². The van der Waals surface area contributed by atoms with Crippen molar-refractivity contribution >= 4 is 40.2 Å². The first-order chi connectivity index (χ1) is 15.1. The normalized spacial score (nSPS) is 16.6. The Morgan fingerprint density at radius 2 is 1.84 bits per heavy atom. The van der Waals surface area contributed by atoms with E-state index < -0.39 is 12.3 Å². The Balaban J connectivity index is 1.37. The number of carboxylic acid groups (broad SMARTS) is 1. The number of fused-ring (bicyclic) bond motifs is 2. The molecule has 5 rings (SSSR count). The Labute approximate surface area is 183 Å². The molecule has 0 bridgehead atoms. The molecular weight excluding hydrogens is 420 g/mol. The third-order valence-electron chi connectivity index (χ3n) is 5.58. The summed E-state index contributed by atoms with van der Waals surface area (Å²) in [5, 5.41) is 14.0. The number of nitrogens with zero attached hydrogens (tertiary/aromatic N) is 3. The van der Waals surface area contributed by atoms with Crippen LogP contribution in [0.25, 0.3) is 10.9 Å². The lowest BCUT2D eigenvalue weighted by Gasteiger charge is -2.30. The predicted molar refractivity (Wildman–Crippen MR) is 117 cm³/mol. The Morgan fingerprint density at radius 3 is 2.52 bits per heavy atom. The summed E-state index contributed by atoms with van der Waals surface area (Å²) in [6, 6.07) is 13.0. The zero-order valence-corrected chi connectivity index (χ0v) is 17.4. The van der Waals surface area contributed by atoms with Gasteiger partial charge in [0.05, 0.1) is 18.0 Å². The van der Waals surface area contributed by atoms with Gasteiger partial charge in [0.1, 0.15) is 5.82 Å². The number of aliphatic carboxylic acids is 1. The van der Waals surface area contributed by atoms with E-state index in [0.717, 1.165) is 10.9 Å². The Hall–Kier alpha value is -3.26. The highest BCUT2D eigenvalue weighted by Gasteiger charge is 2.27. The molecule has 0 radical (unpaired) electrons. The number of hydrogen-bond donors (Lipinski definition) is 2. The van der Waals surface area contributed by atoms with E-state index in [9.17, 15) is 9.90 Å². The Kier molecular flexibility index (Phi) is 5.15. The summed E-state index contributed by atoms with van der Waals surface area (Å²) in [5.41, 5.74) is 0.758. The van der Waals surface area contributed by atoms with Crippen molar-refractivity contribution in [2.75, 3.05) is 29.9 Å². The van der Waals surface area contributed by atoms with Gasteiger partial charge in [-0.05, 0) is 43.2 Å². The van der Waals surface area contributed by atoms with Gasteiger partial charge in [0.2, 0.25) is 5.95 Å². The van der Waals surface area contributed by atoms with Crippen LogP contribution in [0, 0.1) is 5.92 Å². The highest BCUT2D eigenvalue weighted by molar-refractivity contribution is 6.31. The summed E-state index contributed by atoms with van der Waals surface area (Å²) in [4.78, 5) is 22.7. The maximum Gasteiger partial charge on any atom is 0.306 e. The molecule has 1 fully saturated rings. The van der Waals surface area contributed by atoms with Gasteiger partial charge in [0.15, 0.2) is 11.5 Å². The lowest BCUT2D eigenvalue weighted by molar-refractivity contribution is -0.142. The molecular formula is C22H21ClN4O4. The van der Waals surface area contributed by atoms with Gasteiger partial charge in [0.25, 0.3) is 6.29 Å². The van der Waals surface area contributed by atoms with Crippen LogP contribution in [0.3, 0.4) is 0 Å². The number of benzene rings is 2. The van der Waals surface area contributed by atoms with E-state index in [2.05, 4.69) is 10.3 Å². The Morgan fingerprint density at radius 1 is 1.13 bits per heavy atom. The molecule has 0 saturated carbocycles. The second kappa shape index (κ2) is 8.11. The maximum absolute atomic E-state index is 11.3. The summed E-state index contributed by atoms with van der Waals surface area (Å²) in [6.07, 6.45) is 0.668. The third kappa shape index (κ3) is 4.03. The van der Waals surface area contributed by atoms with E-state index in [1.165, 1.54) is 0 Å². The molecule has 3 heterocycles.